The molecule has 0 spiro atoms. The summed E-state index contributed by atoms with van der Waals surface area (Å²) in [6.07, 6.45) is 6.07. The highest BCUT2D eigenvalue weighted by Crippen LogP contribution is 2.21. The predicted molar refractivity (Wildman–Crippen MR) is 74.1 cm³/mol. The molecule has 0 rings (SSSR count). The molecule has 0 saturated carbocycles. The van der Waals surface area contributed by atoms with Crippen LogP contribution in [-0.2, 0) is 0 Å². The van der Waals surface area contributed by atoms with E-state index in [4.69, 9.17) is 4.99 Å². The van der Waals surface area contributed by atoms with E-state index in [-0.39, 0.29) is 5.54 Å². The number of nitrogens with zero attached hydrogens (tertiary/aromatic N) is 1. The van der Waals surface area contributed by atoms with E-state index in [0.717, 1.165) is 6.42 Å². The molecule has 0 aromatic heterocycles. The molecule has 0 aliphatic carbocycles. The van der Waals surface area contributed by atoms with Crippen LogP contribution in [0.2, 0.25) is 0 Å². The largest absolute Gasteiger partial charge is 0.277 e. The zero-order valence-corrected chi connectivity index (χ0v) is 11.9. The Hall–Kier alpha value is 0.0200. The second-order valence-corrected chi connectivity index (χ2v) is 5.79. The zero-order valence-electron chi connectivity index (χ0n) is 11.1. The first-order valence-electron chi connectivity index (χ1n) is 6.27. The third-order valence-electron chi connectivity index (χ3n) is 2.36. The number of hydrogen-bond donors (Lipinski definition) is 0. The van der Waals surface area contributed by atoms with Crippen LogP contribution >= 0.6 is 11.8 Å². The van der Waals surface area contributed by atoms with E-state index in [1.165, 1.54) is 36.5 Å². The van der Waals surface area contributed by atoms with Crippen LogP contribution in [0.5, 0.6) is 0 Å². The molecule has 0 aromatic carbocycles. The first kappa shape index (κ1) is 15.0. The second-order valence-electron chi connectivity index (χ2n) is 4.62. The van der Waals surface area contributed by atoms with E-state index in [1.54, 1.807) is 0 Å². The fraction of sp³-hybridized carbons (Fsp3) is 0.923. The molecule has 0 aliphatic rings. The molecule has 0 atom stereocenters. The van der Waals surface area contributed by atoms with Gasteiger partial charge in [0.2, 0.25) is 0 Å². The van der Waals surface area contributed by atoms with Crippen molar-refractivity contribution in [1.82, 2.24) is 0 Å². The van der Waals surface area contributed by atoms with E-state index < -0.39 is 0 Å². The minimum absolute atomic E-state index is 0.138. The Kier molecular flexibility index (Phi) is 8.22. The molecule has 0 saturated heterocycles. The summed E-state index contributed by atoms with van der Waals surface area (Å²) in [5.74, 6) is 1.23. The smallest absolute Gasteiger partial charge is 0.0679 e. The lowest BCUT2D eigenvalue weighted by Gasteiger charge is -2.20. The summed E-state index contributed by atoms with van der Waals surface area (Å²) >= 11 is 1.95. The van der Waals surface area contributed by atoms with Crippen molar-refractivity contribution >= 4 is 16.8 Å². The highest BCUT2D eigenvalue weighted by Gasteiger charge is 2.15. The quantitative estimate of drug-likeness (QED) is 0.343. The normalized spacial score (nSPS) is 13.3. The molecule has 0 amide bonds. The van der Waals surface area contributed by atoms with Gasteiger partial charge >= 0.3 is 0 Å². The highest BCUT2D eigenvalue weighted by molar-refractivity contribution is 8.13. The number of aliphatic imine (C=N–C) groups is 1. The van der Waals surface area contributed by atoms with Crippen LogP contribution in [0.3, 0.4) is 0 Å². The SMILES string of the molecule is CCCCS/C(CC)=N\C(C)(C)CCC. The van der Waals surface area contributed by atoms with Gasteiger partial charge in [-0.05, 0) is 38.9 Å². The summed E-state index contributed by atoms with van der Waals surface area (Å²) in [7, 11) is 0. The monoisotopic (exact) mass is 229 g/mol. The van der Waals surface area contributed by atoms with Crippen LogP contribution in [0.15, 0.2) is 4.99 Å². The summed E-state index contributed by atoms with van der Waals surface area (Å²) in [6.45, 7) is 11.2. The third kappa shape index (κ3) is 7.89. The number of unbranched alkanes of at least 4 members (excludes halogenated alkanes) is 1. The maximum Gasteiger partial charge on any atom is 0.0679 e. The molecular weight excluding hydrogens is 202 g/mol. The summed E-state index contributed by atoms with van der Waals surface area (Å²) in [6, 6.07) is 0. The van der Waals surface area contributed by atoms with Crippen molar-refractivity contribution in [2.24, 2.45) is 4.99 Å². The van der Waals surface area contributed by atoms with Gasteiger partial charge in [0.15, 0.2) is 0 Å². The van der Waals surface area contributed by atoms with Gasteiger partial charge in [0.05, 0.1) is 10.6 Å². The van der Waals surface area contributed by atoms with Crippen LogP contribution in [-0.4, -0.2) is 16.3 Å². The van der Waals surface area contributed by atoms with Gasteiger partial charge < -0.3 is 0 Å². The fourth-order valence-corrected chi connectivity index (χ4v) is 2.74. The van der Waals surface area contributed by atoms with Gasteiger partial charge in [-0.1, -0.05) is 33.6 Å². The van der Waals surface area contributed by atoms with E-state index in [2.05, 4.69) is 34.6 Å². The van der Waals surface area contributed by atoms with Crippen molar-refractivity contribution in [3.8, 4) is 0 Å². The van der Waals surface area contributed by atoms with Crippen LogP contribution in [0.25, 0.3) is 0 Å². The highest BCUT2D eigenvalue weighted by atomic mass is 32.2. The summed E-state index contributed by atoms with van der Waals surface area (Å²) in [4.78, 5) is 4.87. The molecule has 0 bridgehead atoms. The number of rotatable bonds is 7. The average molecular weight is 229 g/mol. The Balaban J connectivity index is 4.17. The minimum Gasteiger partial charge on any atom is -0.277 e. The van der Waals surface area contributed by atoms with Gasteiger partial charge in [-0.25, -0.2) is 0 Å². The van der Waals surface area contributed by atoms with E-state index in [9.17, 15) is 0 Å². The van der Waals surface area contributed by atoms with Gasteiger partial charge in [-0.3, -0.25) is 4.99 Å². The van der Waals surface area contributed by atoms with Crippen molar-refractivity contribution in [2.75, 3.05) is 5.75 Å². The Morgan fingerprint density at radius 3 is 2.27 bits per heavy atom. The van der Waals surface area contributed by atoms with Gasteiger partial charge in [-0.2, -0.15) is 0 Å². The lowest BCUT2D eigenvalue weighted by molar-refractivity contribution is 0.474. The Morgan fingerprint density at radius 1 is 1.13 bits per heavy atom. The molecule has 0 unspecified atom stereocenters. The Morgan fingerprint density at radius 2 is 1.80 bits per heavy atom. The van der Waals surface area contributed by atoms with Crippen LogP contribution in [0.1, 0.15) is 66.7 Å². The molecule has 0 radical (unpaired) electrons. The molecule has 1 nitrogen and oxygen atoms in total. The van der Waals surface area contributed by atoms with Crippen molar-refractivity contribution in [2.45, 2.75) is 72.3 Å². The molecule has 0 aromatic rings. The minimum atomic E-state index is 0.138. The maximum atomic E-state index is 4.87. The molecule has 90 valence electrons. The fourth-order valence-electron chi connectivity index (χ4n) is 1.55. The van der Waals surface area contributed by atoms with Crippen LogP contribution < -0.4 is 0 Å². The van der Waals surface area contributed by atoms with E-state index in [0.29, 0.717) is 0 Å². The van der Waals surface area contributed by atoms with Crippen molar-refractivity contribution in [3.05, 3.63) is 0 Å². The summed E-state index contributed by atoms with van der Waals surface area (Å²) in [5, 5.41) is 1.34. The Bertz CT molecular complexity index is 185. The first-order valence-corrected chi connectivity index (χ1v) is 7.25. The van der Waals surface area contributed by atoms with E-state index >= 15 is 0 Å². The summed E-state index contributed by atoms with van der Waals surface area (Å²) < 4.78 is 0. The van der Waals surface area contributed by atoms with Gasteiger partial charge in [0.1, 0.15) is 0 Å². The standard InChI is InChI=1S/C13H27NS/c1-6-9-11-15-12(8-3)14-13(4,5)10-7-2/h6-11H2,1-5H3/b14-12-. The van der Waals surface area contributed by atoms with Crippen molar-refractivity contribution in [3.63, 3.8) is 0 Å². The molecular formula is C13H27NS. The van der Waals surface area contributed by atoms with Crippen molar-refractivity contribution in [1.29, 1.82) is 0 Å². The lowest BCUT2D eigenvalue weighted by Crippen LogP contribution is -2.18. The molecule has 0 fully saturated rings. The van der Waals surface area contributed by atoms with Gasteiger partial charge in [-0.15, -0.1) is 11.8 Å². The van der Waals surface area contributed by atoms with Crippen LogP contribution in [0, 0.1) is 0 Å². The number of hydrogen-bond acceptors (Lipinski definition) is 2. The van der Waals surface area contributed by atoms with Gasteiger partial charge in [0, 0.05) is 0 Å². The van der Waals surface area contributed by atoms with Gasteiger partial charge in [0.25, 0.3) is 0 Å². The van der Waals surface area contributed by atoms with E-state index in [1.807, 2.05) is 11.8 Å². The molecule has 0 aliphatic heterocycles. The zero-order chi connectivity index (χ0) is 11.7. The average Bonchev–Trinajstić information content (AvgIpc) is 2.16. The van der Waals surface area contributed by atoms with Crippen LogP contribution in [0.4, 0.5) is 0 Å². The molecule has 0 N–H and O–H groups in total. The summed E-state index contributed by atoms with van der Waals surface area (Å²) in [5.41, 5.74) is 0.138. The third-order valence-corrected chi connectivity index (χ3v) is 3.56. The Labute approximate surface area is 100 Å². The second kappa shape index (κ2) is 8.20. The molecule has 2 heteroatoms. The predicted octanol–water partition coefficient (Wildman–Crippen LogP) is 4.91. The topological polar surface area (TPSA) is 12.4 Å². The molecule has 0 heterocycles. The first-order chi connectivity index (χ1) is 7.05. The number of thioether (sulfide) groups is 1. The maximum absolute atomic E-state index is 4.87. The van der Waals surface area contributed by atoms with Crippen molar-refractivity contribution < 1.29 is 0 Å². The lowest BCUT2D eigenvalue weighted by atomic mass is 10.0. The molecule has 15 heavy (non-hydrogen) atoms.